The highest BCUT2D eigenvalue weighted by molar-refractivity contribution is 6.89. The van der Waals surface area contributed by atoms with Gasteiger partial charge in [-0.25, -0.2) is 0 Å². The van der Waals surface area contributed by atoms with E-state index in [-0.39, 0.29) is 5.75 Å². The van der Waals surface area contributed by atoms with Crippen molar-refractivity contribution in [3.63, 3.8) is 0 Å². The van der Waals surface area contributed by atoms with E-state index in [1.807, 2.05) is 12.1 Å². The van der Waals surface area contributed by atoms with Gasteiger partial charge < -0.3 is 5.11 Å². The molecule has 0 atom stereocenters. The third-order valence-corrected chi connectivity index (χ3v) is 4.02. The normalized spacial score (nSPS) is 11.3. The van der Waals surface area contributed by atoms with E-state index in [1.165, 1.54) is 0 Å². The number of benzene rings is 1. The number of phenols is 1. The van der Waals surface area contributed by atoms with Gasteiger partial charge >= 0.3 is 0 Å². The Morgan fingerprint density at radius 1 is 1.31 bits per heavy atom. The van der Waals surface area contributed by atoms with Crippen molar-refractivity contribution in [2.45, 2.75) is 19.6 Å². The lowest BCUT2D eigenvalue weighted by Gasteiger charge is -2.18. The molecule has 0 aliphatic heterocycles. The number of para-hydroxylation sites is 1. The number of rotatable bonds is 2. The summed E-state index contributed by atoms with van der Waals surface area (Å²) < 4.78 is 0. The zero-order valence-corrected chi connectivity index (χ0v) is 9.16. The van der Waals surface area contributed by atoms with E-state index in [9.17, 15) is 9.90 Å². The van der Waals surface area contributed by atoms with Gasteiger partial charge in [0.15, 0.2) is 6.29 Å². The molecular formula is C10H14O2Si. The van der Waals surface area contributed by atoms with Crippen LogP contribution in [0.2, 0.25) is 19.6 Å². The number of carbonyl (C=O) groups excluding carboxylic acids is 1. The second kappa shape index (κ2) is 3.34. The number of phenolic OH excluding ortho intramolecular Hbond substituents is 1. The molecule has 1 rings (SSSR count). The lowest BCUT2D eigenvalue weighted by Crippen LogP contribution is -2.37. The first kappa shape index (κ1) is 9.99. The van der Waals surface area contributed by atoms with Crippen LogP contribution in [0.1, 0.15) is 10.4 Å². The fourth-order valence-electron chi connectivity index (χ4n) is 1.26. The van der Waals surface area contributed by atoms with Gasteiger partial charge in [-0.2, -0.15) is 0 Å². The average molecular weight is 194 g/mol. The molecule has 2 nitrogen and oxygen atoms in total. The van der Waals surface area contributed by atoms with Crippen molar-refractivity contribution >= 4 is 19.5 Å². The van der Waals surface area contributed by atoms with Crippen molar-refractivity contribution in [1.82, 2.24) is 0 Å². The first-order chi connectivity index (χ1) is 5.96. The van der Waals surface area contributed by atoms with Crippen LogP contribution in [-0.2, 0) is 0 Å². The molecule has 1 aromatic carbocycles. The van der Waals surface area contributed by atoms with Gasteiger partial charge in [0, 0.05) is 0 Å². The maximum absolute atomic E-state index is 10.6. The van der Waals surface area contributed by atoms with Crippen LogP contribution in [0.15, 0.2) is 18.2 Å². The van der Waals surface area contributed by atoms with Crippen molar-refractivity contribution in [2.24, 2.45) is 0 Å². The molecule has 0 spiro atoms. The third kappa shape index (κ3) is 1.98. The van der Waals surface area contributed by atoms with Crippen LogP contribution in [0.25, 0.3) is 0 Å². The zero-order valence-electron chi connectivity index (χ0n) is 8.16. The van der Waals surface area contributed by atoms with E-state index >= 15 is 0 Å². The largest absolute Gasteiger partial charge is 0.507 e. The molecule has 0 unspecified atom stereocenters. The second-order valence-electron chi connectivity index (χ2n) is 4.11. The number of aromatic hydroxyl groups is 1. The highest BCUT2D eigenvalue weighted by Gasteiger charge is 2.21. The Hall–Kier alpha value is -1.09. The topological polar surface area (TPSA) is 37.3 Å². The Labute approximate surface area is 79.2 Å². The van der Waals surface area contributed by atoms with E-state index in [0.717, 1.165) is 5.19 Å². The number of hydrogen-bond acceptors (Lipinski definition) is 2. The van der Waals surface area contributed by atoms with E-state index in [2.05, 4.69) is 19.6 Å². The SMILES string of the molecule is C[Si](C)(C)c1cccc(C=O)c1O. The minimum atomic E-state index is -1.53. The molecule has 0 aliphatic carbocycles. The Morgan fingerprint density at radius 2 is 1.92 bits per heavy atom. The predicted molar refractivity (Wildman–Crippen MR) is 56.5 cm³/mol. The second-order valence-corrected chi connectivity index (χ2v) is 9.15. The average Bonchev–Trinajstić information content (AvgIpc) is 2.02. The Bertz CT molecular complexity index is 326. The Balaban J connectivity index is 3.32. The lowest BCUT2D eigenvalue weighted by atomic mass is 10.2. The molecule has 3 heteroatoms. The summed E-state index contributed by atoms with van der Waals surface area (Å²) in [6, 6.07) is 5.34. The van der Waals surface area contributed by atoms with Crippen LogP contribution in [0.4, 0.5) is 0 Å². The monoisotopic (exact) mass is 194 g/mol. The standard InChI is InChI=1S/C10H14O2Si/c1-13(2,3)9-6-4-5-8(7-11)10(9)12/h4-7,12H,1-3H3. The zero-order chi connectivity index (χ0) is 10.1. The van der Waals surface area contributed by atoms with E-state index in [0.29, 0.717) is 11.8 Å². The van der Waals surface area contributed by atoms with E-state index in [1.54, 1.807) is 6.07 Å². The summed E-state index contributed by atoms with van der Waals surface area (Å²) in [5.41, 5.74) is 0.389. The van der Waals surface area contributed by atoms with Crippen LogP contribution in [-0.4, -0.2) is 19.5 Å². The first-order valence-corrected chi connectivity index (χ1v) is 7.74. The molecular weight excluding hydrogens is 180 g/mol. The minimum Gasteiger partial charge on any atom is -0.507 e. The first-order valence-electron chi connectivity index (χ1n) is 4.24. The van der Waals surface area contributed by atoms with Crippen LogP contribution >= 0.6 is 0 Å². The lowest BCUT2D eigenvalue weighted by molar-refractivity contribution is 0.112. The number of hydrogen-bond donors (Lipinski definition) is 1. The van der Waals surface area contributed by atoms with Crippen LogP contribution in [0, 0.1) is 0 Å². The number of aldehydes is 1. The van der Waals surface area contributed by atoms with Gasteiger partial charge in [-0.15, -0.1) is 0 Å². The van der Waals surface area contributed by atoms with Crippen molar-refractivity contribution in [1.29, 1.82) is 0 Å². The Kier molecular flexibility index (Phi) is 2.57. The van der Waals surface area contributed by atoms with Crippen molar-refractivity contribution in [2.75, 3.05) is 0 Å². The minimum absolute atomic E-state index is 0.164. The van der Waals surface area contributed by atoms with Crippen molar-refractivity contribution < 1.29 is 9.90 Å². The van der Waals surface area contributed by atoms with Gasteiger partial charge in [0.25, 0.3) is 0 Å². The van der Waals surface area contributed by atoms with Crippen LogP contribution in [0.5, 0.6) is 5.75 Å². The van der Waals surface area contributed by atoms with Gasteiger partial charge in [0.1, 0.15) is 5.75 Å². The van der Waals surface area contributed by atoms with Gasteiger partial charge in [0.05, 0.1) is 13.6 Å². The van der Waals surface area contributed by atoms with Crippen molar-refractivity contribution in [3.05, 3.63) is 23.8 Å². The molecule has 0 radical (unpaired) electrons. The molecule has 0 amide bonds. The van der Waals surface area contributed by atoms with Gasteiger partial charge in [0.2, 0.25) is 0 Å². The summed E-state index contributed by atoms with van der Waals surface area (Å²) >= 11 is 0. The third-order valence-electron chi connectivity index (χ3n) is 2.00. The fourth-order valence-corrected chi connectivity index (χ4v) is 2.71. The Morgan fingerprint density at radius 3 is 2.38 bits per heavy atom. The van der Waals surface area contributed by atoms with E-state index < -0.39 is 8.07 Å². The predicted octanol–water partition coefficient (Wildman–Crippen LogP) is 1.75. The molecule has 70 valence electrons. The molecule has 1 aromatic rings. The van der Waals surface area contributed by atoms with Gasteiger partial charge in [-0.1, -0.05) is 31.8 Å². The van der Waals surface area contributed by atoms with Crippen LogP contribution < -0.4 is 5.19 Å². The molecule has 1 N–H and O–H groups in total. The highest BCUT2D eigenvalue weighted by Crippen LogP contribution is 2.16. The quantitative estimate of drug-likeness (QED) is 0.575. The summed E-state index contributed by atoms with van der Waals surface area (Å²) in [5.74, 6) is 0.164. The van der Waals surface area contributed by atoms with Crippen molar-refractivity contribution in [3.8, 4) is 5.75 Å². The molecule has 13 heavy (non-hydrogen) atoms. The summed E-state index contributed by atoms with van der Waals surface area (Å²) in [4.78, 5) is 10.6. The molecule has 0 saturated carbocycles. The summed E-state index contributed by atoms with van der Waals surface area (Å²) in [6.45, 7) is 6.41. The maximum atomic E-state index is 10.6. The summed E-state index contributed by atoms with van der Waals surface area (Å²) in [7, 11) is -1.53. The highest BCUT2D eigenvalue weighted by atomic mass is 28.3. The molecule has 0 saturated heterocycles. The fraction of sp³-hybridized carbons (Fsp3) is 0.300. The molecule has 0 aromatic heterocycles. The molecule has 0 aliphatic rings. The number of carbonyl (C=O) groups is 1. The molecule has 0 bridgehead atoms. The molecule has 0 heterocycles. The maximum Gasteiger partial charge on any atom is 0.153 e. The summed E-state index contributed by atoms with van der Waals surface area (Å²) in [5, 5.41) is 10.7. The molecule has 0 fully saturated rings. The summed E-state index contributed by atoms with van der Waals surface area (Å²) in [6.07, 6.45) is 0.693. The smallest absolute Gasteiger partial charge is 0.153 e. The van der Waals surface area contributed by atoms with Gasteiger partial charge in [-0.05, 0) is 11.3 Å². The van der Waals surface area contributed by atoms with E-state index in [4.69, 9.17) is 0 Å². The van der Waals surface area contributed by atoms with Gasteiger partial charge in [-0.3, -0.25) is 4.79 Å². The van der Waals surface area contributed by atoms with Crippen LogP contribution in [0.3, 0.4) is 0 Å².